The Hall–Kier alpha value is 0.1000. The SMILES string of the molecule is CCCN(C)C(c1cc(Br)cs1)C(C)N. The summed E-state index contributed by atoms with van der Waals surface area (Å²) in [4.78, 5) is 3.68. The van der Waals surface area contributed by atoms with E-state index in [0.717, 1.165) is 17.4 Å². The molecule has 2 unspecified atom stereocenters. The van der Waals surface area contributed by atoms with Crippen molar-refractivity contribution in [2.45, 2.75) is 32.4 Å². The van der Waals surface area contributed by atoms with E-state index in [2.05, 4.69) is 53.2 Å². The average Bonchev–Trinajstić information content (AvgIpc) is 2.51. The monoisotopic (exact) mass is 290 g/mol. The van der Waals surface area contributed by atoms with Crippen LogP contribution in [0.25, 0.3) is 0 Å². The largest absolute Gasteiger partial charge is 0.326 e. The van der Waals surface area contributed by atoms with Crippen LogP contribution in [-0.4, -0.2) is 24.5 Å². The molecule has 0 spiro atoms. The summed E-state index contributed by atoms with van der Waals surface area (Å²) < 4.78 is 1.15. The van der Waals surface area contributed by atoms with Crippen LogP contribution in [0.3, 0.4) is 0 Å². The van der Waals surface area contributed by atoms with E-state index in [1.54, 1.807) is 11.3 Å². The molecule has 2 nitrogen and oxygen atoms in total. The van der Waals surface area contributed by atoms with Gasteiger partial charge in [-0.3, -0.25) is 4.90 Å². The van der Waals surface area contributed by atoms with E-state index in [1.165, 1.54) is 4.88 Å². The van der Waals surface area contributed by atoms with Crippen LogP contribution >= 0.6 is 27.3 Å². The molecule has 86 valence electrons. The van der Waals surface area contributed by atoms with Crippen molar-refractivity contribution in [1.29, 1.82) is 0 Å². The molecule has 0 aromatic carbocycles. The molecule has 0 saturated carbocycles. The van der Waals surface area contributed by atoms with Crippen molar-refractivity contribution in [1.82, 2.24) is 4.90 Å². The van der Waals surface area contributed by atoms with E-state index in [0.29, 0.717) is 6.04 Å². The Bertz CT molecular complexity index is 299. The lowest BCUT2D eigenvalue weighted by atomic mass is 10.1. The zero-order valence-electron chi connectivity index (χ0n) is 9.53. The van der Waals surface area contributed by atoms with Gasteiger partial charge in [0.25, 0.3) is 0 Å². The van der Waals surface area contributed by atoms with Crippen LogP contribution in [0.1, 0.15) is 31.2 Å². The Balaban J connectivity index is 2.82. The second-order valence-electron chi connectivity index (χ2n) is 3.95. The summed E-state index contributed by atoms with van der Waals surface area (Å²) in [5, 5.41) is 2.12. The fraction of sp³-hybridized carbons (Fsp3) is 0.636. The topological polar surface area (TPSA) is 29.3 Å². The fourth-order valence-electron chi connectivity index (χ4n) is 1.85. The van der Waals surface area contributed by atoms with Gasteiger partial charge in [0.15, 0.2) is 0 Å². The highest BCUT2D eigenvalue weighted by atomic mass is 79.9. The quantitative estimate of drug-likeness (QED) is 0.902. The lowest BCUT2D eigenvalue weighted by molar-refractivity contribution is 0.223. The van der Waals surface area contributed by atoms with Gasteiger partial charge in [-0.25, -0.2) is 0 Å². The van der Waals surface area contributed by atoms with Crippen LogP contribution in [0, 0.1) is 0 Å². The predicted octanol–water partition coefficient (Wildman–Crippen LogP) is 3.24. The first kappa shape index (κ1) is 13.2. The summed E-state index contributed by atoms with van der Waals surface area (Å²) in [5.41, 5.74) is 6.06. The molecule has 0 saturated heterocycles. The molecule has 0 bridgehead atoms. The van der Waals surface area contributed by atoms with Gasteiger partial charge < -0.3 is 5.73 Å². The molecule has 15 heavy (non-hydrogen) atoms. The van der Waals surface area contributed by atoms with Crippen LogP contribution in [0.2, 0.25) is 0 Å². The van der Waals surface area contributed by atoms with Gasteiger partial charge >= 0.3 is 0 Å². The van der Waals surface area contributed by atoms with Crippen molar-refractivity contribution in [2.24, 2.45) is 5.73 Å². The maximum absolute atomic E-state index is 6.06. The number of hydrogen-bond donors (Lipinski definition) is 1. The van der Waals surface area contributed by atoms with Crippen LogP contribution in [0.5, 0.6) is 0 Å². The van der Waals surface area contributed by atoms with Crippen LogP contribution < -0.4 is 5.73 Å². The number of halogens is 1. The molecule has 1 heterocycles. The van der Waals surface area contributed by atoms with E-state index in [4.69, 9.17) is 5.73 Å². The smallest absolute Gasteiger partial charge is 0.0588 e. The Labute approximate surface area is 105 Å². The molecule has 1 aromatic heterocycles. The highest BCUT2D eigenvalue weighted by Crippen LogP contribution is 2.30. The maximum Gasteiger partial charge on any atom is 0.0588 e. The van der Waals surface area contributed by atoms with Crippen LogP contribution in [-0.2, 0) is 0 Å². The summed E-state index contributed by atoms with van der Waals surface area (Å²) in [6, 6.07) is 2.67. The van der Waals surface area contributed by atoms with E-state index in [-0.39, 0.29) is 6.04 Å². The zero-order valence-corrected chi connectivity index (χ0v) is 11.9. The van der Waals surface area contributed by atoms with Crippen molar-refractivity contribution in [3.8, 4) is 0 Å². The van der Waals surface area contributed by atoms with Crippen LogP contribution in [0.15, 0.2) is 15.9 Å². The van der Waals surface area contributed by atoms with E-state index in [1.807, 2.05) is 0 Å². The second kappa shape index (κ2) is 5.99. The maximum atomic E-state index is 6.06. The summed E-state index contributed by atoms with van der Waals surface area (Å²) >= 11 is 5.26. The van der Waals surface area contributed by atoms with Gasteiger partial charge in [0, 0.05) is 20.8 Å². The highest BCUT2D eigenvalue weighted by Gasteiger charge is 2.21. The van der Waals surface area contributed by atoms with Crippen molar-refractivity contribution in [3.63, 3.8) is 0 Å². The zero-order chi connectivity index (χ0) is 11.4. The molecule has 1 aromatic rings. The second-order valence-corrected chi connectivity index (χ2v) is 5.81. The molecule has 2 atom stereocenters. The molecule has 1 rings (SSSR count). The number of likely N-dealkylation sites (N-methyl/N-ethyl adjacent to an activating group) is 1. The lowest BCUT2D eigenvalue weighted by Gasteiger charge is -2.29. The van der Waals surface area contributed by atoms with Crippen molar-refractivity contribution in [2.75, 3.05) is 13.6 Å². The Morgan fingerprint density at radius 3 is 2.67 bits per heavy atom. The standard InChI is InChI=1S/C11H19BrN2S/c1-4-5-14(3)11(8(2)13)10-6-9(12)7-15-10/h6-8,11H,4-5,13H2,1-3H3. The van der Waals surface area contributed by atoms with Gasteiger partial charge in [-0.1, -0.05) is 6.92 Å². The summed E-state index contributed by atoms with van der Waals surface area (Å²) in [7, 11) is 2.14. The number of rotatable bonds is 5. The molecule has 4 heteroatoms. The summed E-state index contributed by atoms with van der Waals surface area (Å²) in [5.74, 6) is 0. The van der Waals surface area contributed by atoms with Gasteiger partial charge in [0.1, 0.15) is 0 Å². The van der Waals surface area contributed by atoms with E-state index in [9.17, 15) is 0 Å². The number of thiophene rings is 1. The third kappa shape index (κ3) is 3.55. The first-order chi connectivity index (χ1) is 7.06. The molecular weight excluding hydrogens is 272 g/mol. The minimum Gasteiger partial charge on any atom is -0.326 e. The molecule has 2 N–H and O–H groups in total. The molecule has 0 aliphatic rings. The van der Waals surface area contributed by atoms with Crippen molar-refractivity contribution < 1.29 is 0 Å². The van der Waals surface area contributed by atoms with Crippen LogP contribution in [0.4, 0.5) is 0 Å². The molecule has 0 aliphatic carbocycles. The number of nitrogens with zero attached hydrogens (tertiary/aromatic N) is 1. The number of hydrogen-bond acceptors (Lipinski definition) is 3. The lowest BCUT2D eigenvalue weighted by Crippen LogP contribution is -2.37. The average molecular weight is 291 g/mol. The Morgan fingerprint density at radius 1 is 1.60 bits per heavy atom. The minimum atomic E-state index is 0.159. The first-order valence-corrected chi connectivity index (χ1v) is 6.93. The molecule has 0 fully saturated rings. The molecule has 0 amide bonds. The van der Waals surface area contributed by atoms with Crippen molar-refractivity contribution >= 4 is 27.3 Å². The molecular formula is C11H19BrN2S. The van der Waals surface area contributed by atoms with Gasteiger partial charge in [-0.2, -0.15) is 0 Å². The highest BCUT2D eigenvalue weighted by molar-refractivity contribution is 9.10. The fourth-order valence-corrected chi connectivity index (χ4v) is 3.58. The summed E-state index contributed by atoms with van der Waals surface area (Å²) in [6.07, 6.45) is 1.16. The normalized spacial score (nSPS) is 15.6. The van der Waals surface area contributed by atoms with E-state index < -0.39 is 0 Å². The summed E-state index contributed by atoms with van der Waals surface area (Å²) in [6.45, 7) is 5.35. The minimum absolute atomic E-state index is 0.159. The first-order valence-electron chi connectivity index (χ1n) is 5.26. The Morgan fingerprint density at radius 2 is 2.27 bits per heavy atom. The molecule has 0 radical (unpaired) electrons. The van der Waals surface area contributed by atoms with E-state index >= 15 is 0 Å². The third-order valence-corrected chi connectivity index (χ3v) is 4.19. The molecule has 0 aliphatic heterocycles. The van der Waals surface area contributed by atoms with Gasteiger partial charge in [0.05, 0.1) is 6.04 Å². The van der Waals surface area contributed by atoms with Gasteiger partial charge in [0.2, 0.25) is 0 Å². The van der Waals surface area contributed by atoms with Crippen molar-refractivity contribution in [3.05, 3.63) is 20.8 Å². The van der Waals surface area contributed by atoms with Gasteiger partial charge in [-0.05, 0) is 48.9 Å². The number of nitrogens with two attached hydrogens (primary N) is 1. The Kier molecular flexibility index (Phi) is 5.26. The third-order valence-electron chi connectivity index (χ3n) is 2.43. The van der Waals surface area contributed by atoms with Gasteiger partial charge in [-0.15, -0.1) is 11.3 Å². The predicted molar refractivity (Wildman–Crippen MR) is 71.3 cm³/mol.